The van der Waals surface area contributed by atoms with Gasteiger partial charge in [0.1, 0.15) is 12.9 Å². The molecule has 3 aromatic rings. The van der Waals surface area contributed by atoms with Crippen molar-refractivity contribution in [2.45, 2.75) is 24.8 Å². The van der Waals surface area contributed by atoms with Gasteiger partial charge in [0.05, 0.1) is 11.8 Å². The van der Waals surface area contributed by atoms with E-state index in [1.54, 1.807) is 0 Å². The van der Waals surface area contributed by atoms with Crippen LogP contribution in [0.2, 0.25) is 0 Å². The Labute approximate surface area is 148 Å². The van der Waals surface area contributed by atoms with Crippen molar-refractivity contribution >= 4 is 5.78 Å². The second kappa shape index (κ2) is 6.00. The monoisotopic (exact) mass is 416 g/mol. The fourth-order valence-corrected chi connectivity index (χ4v) is 2.35. The zero-order valence-electron chi connectivity index (χ0n) is 13.6. The molecule has 0 aromatic carbocycles. The van der Waals surface area contributed by atoms with Gasteiger partial charge in [-0.2, -0.15) is 49.8 Å². The van der Waals surface area contributed by atoms with Crippen molar-refractivity contribution in [3.63, 3.8) is 0 Å². The van der Waals surface area contributed by atoms with Crippen molar-refractivity contribution in [2.24, 2.45) is 7.05 Å². The largest absolute Gasteiger partial charge is 0.455 e. The molecule has 3 rings (SSSR count). The van der Waals surface area contributed by atoms with Gasteiger partial charge < -0.3 is 4.57 Å². The predicted octanol–water partition coefficient (Wildman–Crippen LogP) is 2.51. The summed E-state index contributed by atoms with van der Waals surface area (Å²) in [6.45, 7) is -1.97. The lowest BCUT2D eigenvalue weighted by atomic mass is 10.1. The minimum absolute atomic E-state index is 0.0930. The van der Waals surface area contributed by atoms with Gasteiger partial charge in [0.15, 0.2) is 5.69 Å². The average molecular weight is 416 g/mol. The van der Waals surface area contributed by atoms with E-state index in [0.29, 0.717) is 16.9 Å². The predicted molar refractivity (Wildman–Crippen MR) is 75.5 cm³/mol. The summed E-state index contributed by atoms with van der Waals surface area (Å²) >= 11 is 0. The first kappa shape index (κ1) is 19.8. The molecular weight excluding hydrogens is 408 g/mol. The fourth-order valence-electron chi connectivity index (χ4n) is 2.35. The molecule has 0 amide bonds. The van der Waals surface area contributed by atoms with Gasteiger partial charge in [0.2, 0.25) is 5.78 Å². The number of alkyl halides is 8. The van der Waals surface area contributed by atoms with Gasteiger partial charge >= 0.3 is 18.3 Å². The average Bonchev–Trinajstić information content (AvgIpc) is 3.12. The van der Waals surface area contributed by atoms with E-state index in [1.807, 2.05) is 0 Å². The lowest BCUT2D eigenvalue weighted by Crippen LogP contribution is -2.40. The lowest BCUT2D eigenvalue weighted by molar-refractivity contribution is -0.287. The maximum Gasteiger partial charge on any atom is 0.455 e. The smallest absolute Gasteiger partial charge is 0.303 e. The van der Waals surface area contributed by atoms with Crippen LogP contribution in [0.15, 0.2) is 23.5 Å². The van der Waals surface area contributed by atoms with Crippen molar-refractivity contribution in [1.29, 1.82) is 0 Å². The first-order chi connectivity index (χ1) is 12.7. The molecule has 0 fully saturated rings. The van der Waals surface area contributed by atoms with Crippen molar-refractivity contribution in [1.82, 2.24) is 28.9 Å². The van der Waals surface area contributed by atoms with E-state index >= 15 is 0 Å². The minimum Gasteiger partial charge on any atom is -0.303 e. The van der Waals surface area contributed by atoms with E-state index in [-0.39, 0.29) is 4.68 Å². The minimum atomic E-state index is -5.88. The lowest BCUT2D eigenvalue weighted by Gasteiger charge is -2.19. The molecule has 0 radical (unpaired) electrons. The molecule has 0 saturated heterocycles. The van der Waals surface area contributed by atoms with Crippen LogP contribution in [0.25, 0.3) is 16.9 Å². The number of aryl methyl sites for hydroxylation is 1. The van der Waals surface area contributed by atoms with Gasteiger partial charge in [-0.15, -0.1) is 0 Å². The van der Waals surface area contributed by atoms with Crippen LogP contribution in [0.1, 0.15) is 5.69 Å². The van der Waals surface area contributed by atoms with Gasteiger partial charge in [-0.25, -0.2) is 4.98 Å². The van der Waals surface area contributed by atoms with Crippen LogP contribution < -0.4 is 5.56 Å². The zero-order valence-corrected chi connectivity index (χ0v) is 13.6. The molecule has 28 heavy (non-hydrogen) atoms. The molecule has 7 nitrogen and oxygen atoms in total. The molecule has 0 saturated carbocycles. The van der Waals surface area contributed by atoms with Crippen LogP contribution in [-0.4, -0.2) is 41.0 Å². The molecule has 0 aliphatic rings. The molecule has 3 heterocycles. The third-order valence-electron chi connectivity index (χ3n) is 3.67. The second-order valence-electron chi connectivity index (χ2n) is 5.72. The van der Waals surface area contributed by atoms with Crippen molar-refractivity contribution in [2.75, 3.05) is 0 Å². The quantitative estimate of drug-likeness (QED) is 0.616. The third kappa shape index (κ3) is 3.20. The molecule has 0 spiro atoms. The van der Waals surface area contributed by atoms with Crippen LogP contribution in [0.5, 0.6) is 0 Å². The van der Waals surface area contributed by atoms with Crippen molar-refractivity contribution in [3.8, 4) is 11.1 Å². The Morgan fingerprint density at radius 3 is 2.25 bits per heavy atom. The summed E-state index contributed by atoms with van der Waals surface area (Å²) in [5, 5.41) is 6.78. The van der Waals surface area contributed by atoms with Gasteiger partial charge in [0, 0.05) is 18.8 Å². The summed E-state index contributed by atoms with van der Waals surface area (Å²) in [5.41, 5.74) is -4.66. The highest BCUT2D eigenvalue weighted by Gasteiger charge is 2.57. The van der Waals surface area contributed by atoms with Crippen molar-refractivity contribution in [3.05, 3.63) is 34.8 Å². The molecule has 0 unspecified atom stereocenters. The number of hydrogen-bond donors (Lipinski definition) is 0. The van der Waals surface area contributed by atoms with Crippen LogP contribution in [0, 0.1) is 0 Å². The molecule has 0 atom stereocenters. The van der Waals surface area contributed by atoms with Crippen LogP contribution in [-0.2, 0) is 19.8 Å². The van der Waals surface area contributed by atoms with E-state index in [9.17, 15) is 39.9 Å². The number of nitrogens with zero attached hydrogens (tertiary/aromatic N) is 6. The highest BCUT2D eigenvalue weighted by Crippen LogP contribution is 2.37. The van der Waals surface area contributed by atoms with E-state index in [2.05, 4.69) is 15.2 Å². The summed E-state index contributed by atoms with van der Waals surface area (Å²) in [5.74, 6) is -5.63. The van der Waals surface area contributed by atoms with Crippen LogP contribution in [0.4, 0.5) is 35.1 Å². The Bertz CT molecular complexity index is 1090. The van der Waals surface area contributed by atoms with E-state index in [1.165, 1.54) is 7.05 Å². The highest BCUT2D eigenvalue weighted by molar-refractivity contribution is 5.65. The first-order valence-corrected chi connectivity index (χ1v) is 7.21. The van der Waals surface area contributed by atoms with Crippen molar-refractivity contribution < 1.29 is 35.1 Å². The Morgan fingerprint density at radius 1 is 1.04 bits per heavy atom. The molecular formula is C13H8F8N6O. The molecule has 0 aliphatic heterocycles. The van der Waals surface area contributed by atoms with Crippen LogP contribution in [0.3, 0.4) is 0 Å². The maximum absolute atomic E-state index is 13.4. The Balaban J connectivity index is 2.16. The second-order valence-corrected chi connectivity index (χ2v) is 5.72. The SMILES string of the molecule is Cn1cnn2c(=O)c(-c3cnn(CC(F)(F)C(F)(F)F)c3)c(C(F)(F)F)nc12. The Hall–Kier alpha value is -3.00. The van der Waals surface area contributed by atoms with Gasteiger partial charge in [-0.3, -0.25) is 9.48 Å². The maximum atomic E-state index is 13.4. The number of halogens is 8. The van der Waals surface area contributed by atoms with Crippen LogP contribution >= 0.6 is 0 Å². The summed E-state index contributed by atoms with van der Waals surface area (Å²) in [6.07, 6.45) is -8.95. The molecule has 152 valence electrons. The topological polar surface area (TPSA) is 70.0 Å². The van der Waals surface area contributed by atoms with E-state index < -0.39 is 53.0 Å². The number of hydrogen-bond acceptors (Lipinski definition) is 4. The Kier molecular flexibility index (Phi) is 4.23. The first-order valence-electron chi connectivity index (χ1n) is 7.21. The van der Waals surface area contributed by atoms with E-state index in [0.717, 1.165) is 10.9 Å². The highest BCUT2D eigenvalue weighted by atomic mass is 19.4. The number of aromatic nitrogens is 6. The molecule has 3 aromatic heterocycles. The zero-order chi connectivity index (χ0) is 21.1. The van der Waals surface area contributed by atoms with Gasteiger partial charge in [0.25, 0.3) is 5.56 Å². The Morgan fingerprint density at radius 2 is 1.68 bits per heavy atom. The summed E-state index contributed by atoms with van der Waals surface area (Å²) in [6, 6.07) is 0. The summed E-state index contributed by atoms with van der Waals surface area (Å²) < 4.78 is 105. The molecule has 0 N–H and O–H groups in total. The van der Waals surface area contributed by atoms with Gasteiger partial charge in [-0.05, 0) is 0 Å². The summed E-state index contributed by atoms with van der Waals surface area (Å²) in [4.78, 5) is 15.8. The molecule has 0 bridgehead atoms. The standard InChI is InChI=1S/C13H8F8N6O/c1-25-5-23-27-9(28)7(8(12(16,17)18)24-10(25)27)6-2-22-26(3-6)4-11(14,15)13(19,20)21/h2-3,5H,4H2,1H3. The third-order valence-corrected chi connectivity index (χ3v) is 3.67. The normalized spacial score (nSPS) is 13.5. The summed E-state index contributed by atoms with van der Waals surface area (Å²) in [7, 11) is 1.28. The van der Waals surface area contributed by atoms with E-state index in [4.69, 9.17) is 0 Å². The number of rotatable bonds is 3. The fraction of sp³-hybridized carbons (Fsp3) is 0.385. The molecule has 0 aliphatic carbocycles. The molecule has 15 heteroatoms. The van der Waals surface area contributed by atoms with Gasteiger partial charge in [-0.1, -0.05) is 0 Å². The number of fused-ring (bicyclic) bond motifs is 1.